The van der Waals surface area contributed by atoms with E-state index < -0.39 is 11.7 Å². The van der Waals surface area contributed by atoms with Gasteiger partial charge in [0.2, 0.25) is 0 Å². The Kier molecular flexibility index (Phi) is 6.12. The van der Waals surface area contributed by atoms with E-state index in [1.165, 1.54) is 33.9 Å². The van der Waals surface area contributed by atoms with E-state index in [1.54, 1.807) is 12.3 Å². The van der Waals surface area contributed by atoms with Crippen molar-refractivity contribution in [1.82, 2.24) is 19.2 Å². The minimum absolute atomic E-state index is 0.263. The number of fused-ring (bicyclic) bond motifs is 2. The van der Waals surface area contributed by atoms with Crippen LogP contribution >= 0.6 is 0 Å². The van der Waals surface area contributed by atoms with Gasteiger partial charge >= 0.3 is 6.18 Å². The van der Waals surface area contributed by atoms with Crippen LogP contribution in [0.1, 0.15) is 23.1 Å². The van der Waals surface area contributed by atoms with Crippen LogP contribution in [0.15, 0.2) is 96.1 Å². The molecule has 1 aliphatic rings. The van der Waals surface area contributed by atoms with Crippen LogP contribution in [0.3, 0.4) is 0 Å². The lowest BCUT2D eigenvalue weighted by Crippen LogP contribution is -2.19. The summed E-state index contributed by atoms with van der Waals surface area (Å²) in [5, 5.41) is 5.50. The molecule has 0 saturated carbocycles. The fraction of sp³-hybridized carbons (Fsp3) is 0.200. The number of benzene rings is 3. The summed E-state index contributed by atoms with van der Waals surface area (Å²) in [6, 6.07) is 22.3. The summed E-state index contributed by atoms with van der Waals surface area (Å²) in [6.45, 7) is 3.78. The van der Waals surface area contributed by atoms with Crippen LogP contribution in [0.4, 0.5) is 13.2 Å². The number of hydrogen-bond acceptors (Lipinski definition) is 3. The van der Waals surface area contributed by atoms with Crippen molar-refractivity contribution in [3.63, 3.8) is 0 Å². The molecule has 0 bridgehead atoms. The molecule has 0 radical (unpaired) electrons. The van der Waals surface area contributed by atoms with E-state index >= 15 is 0 Å². The first-order chi connectivity index (χ1) is 18.3. The first-order valence-corrected chi connectivity index (χ1v) is 12.5. The molecule has 0 unspecified atom stereocenters. The third-order valence-electron chi connectivity index (χ3n) is 7.12. The van der Waals surface area contributed by atoms with Crippen molar-refractivity contribution >= 4 is 10.9 Å². The first-order valence-electron chi connectivity index (χ1n) is 12.5. The summed E-state index contributed by atoms with van der Waals surface area (Å²) in [5.41, 5.74) is 4.67. The van der Waals surface area contributed by atoms with Gasteiger partial charge in [-0.25, -0.2) is 0 Å². The standard InChI is InChI=1S/C30H25F3N4O/c31-30(32,33)26-8-6-21(7-9-26)22-12-15-36(29(38)17-22)27-10-11-28-25(16-27)18-34-37(28)14-3-13-35-19-23-4-1-2-5-24(23)20-35/h1-2,4-12,15-18H,3,13-14,19-20H2. The summed E-state index contributed by atoms with van der Waals surface area (Å²) < 4.78 is 42.1. The van der Waals surface area contributed by atoms with Crippen molar-refractivity contribution in [3.8, 4) is 16.8 Å². The molecule has 3 heterocycles. The summed E-state index contributed by atoms with van der Waals surface area (Å²) >= 11 is 0. The van der Waals surface area contributed by atoms with Crippen molar-refractivity contribution in [2.75, 3.05) is 6.54 Å². The van der Waals surface area contributed by atoms with Crippen molar-refractivity contribution < 1.29 is 13.2 Å². The second kappa shape index (κ2) is 9.61. The lowest BCUT2D eigenvalue weighted by molar-refractivity contribution is -0.137. The molecule has 192 valence electrons. The second-order valence-electron chi connectivity index (χ2n) is 9.64. The number of hydrogen-bond donors (Lipinski definition) is 0. The molecule has 6 rings (SSSR count). The molecule has 8 heteroatoms. The zero-order chi connectivity index (χ0) is 26.3. The first kappa shape index (κ1) is 24.2. The van der Waals surface area contributed by atoms with Crippen LogP contribution in [0.25, 0.3) is 27.7 Å². The molecular weight excluding hydrogens is 489 g/mol. The van der Waals surface area contributed by atoms with E-state index in [1.807, 2.05) is 29.1 Å². The lowest BCUT2D eigenvalue weighted by Gasteiger charge is -2.14. The number of aromatic nitrogens is 3. The van der Waals surface area contributed by atoms with Gasteiger partial charge in [-0.3, -0.25) is 18.9 Å². The minimum Gasteiger partial charge on any atom is -0.295 e. The molecule has 0 aliphatic carbocycles. The van der Waals surface area contributed by atoms with Gasteiger partial charge in [-0.2, -0.15) is 18.3 Å². The molecular formula is C30H25F3N4O. The fourth-order valence-electron chi connectivity index (χ4n) is 5.13. The maximum absolute atomic E-state index is 12.9. The van der Waals surface area contributed by atoms with Gasteiger partial charge in [-0.15, -0.1) is 0 Å². The van der Waals surface area contributed by atoms with Gasteiger partial charge in [-0.1, -0.05) is 36.4 Å². The third-order valence-corrected chi connectivity index (χ3v) is 7.12. The van der Waals surface area contributed by atoms with Gasteiger partial charge in [0.25, 0.3) is 5.56 Å². The Balaban J connectivity index is 1.14. The van der Waals surface area contributed by atoms with Gasteiger partial charge in [-0.05, 0) is 65.1 Å². The van der Waals surface area contributed by atoms with E-state index in [4.69, 9.17) is 0 Å². The lowest BCUT2D eigenvalue weighted by atomic mass is 10.0. The van der Waals surface area contributed by atoms with E-state index in [-0.39, 0.29) is 5.56 Å². The van der Waals surface area contributed by atoms with E-state index in [9.17, 15) is 18.0 Å². The average Bonchev–Trinajstić information content (AvgIpc) is 3.51. The maximum atomic E-state index is 12.9. The van der Waals surface area contributed by atoms with Crippen LogP contribution < -0.4 is 5.56 Å². The molecule has 0 N–H and O–H groups in total. The van der Waals surface area contributed by atoms with E-state index in [0.29, 0.717) is 16.8 Å². The van der Waals surface area contributed by atoms with Gasteiger partial charge in [0.1, 0.15) is 0 Å². The molecule has 5 aromatic rings. The molecule has 5 nitrogen and oxygen atoms in total. The molecule has 2 aromatic heterocycles. The van der Waals surface area contributed by atoms with Gasteiger partial charge < -0.3 is 0 Å². The molecule has 0 fully saturated rings. The Morgan fingerprint density at radius 2 is 1.55 bits per heavy atom. The maximum Gasteiger partial charge on any atom is 0.416 e. The Hall–Kier alpha value is -4.17. The molecule has 0 spiro atoms. The number of nitrogens with zero attached hydrogens (tertiary/aromatic N) is 4. The Morgan fingerprint density at radius 3 is 2.24 bits per heavy atom. The predicted molar refractivity (Wildman–Crippen MR) is 141 cm³/mol. The number of rotatable bonds is 6. The number of alkyl halides is 3. The number of aryl methyl sites for hydroxylation is 1. The second-order valence-corrected chi connectivity index (χ2v) is 9.64. The van der Waals surface area contributed by atoms with Crippen molar-refractivity contribution in [2.45, 2.75) is 32.2 Å². The quantitative estimate of drug-likeness (QED) is 0.268. The summed E-state index contributed by atoms with van der Waals surface area (Å²) in [7, 11) is 0. The van der Waals surface area contributed by atoms with Crippen molar-refractivity contribution in [1.29, 1.82) is 0 Å². The average molecular weight is 515 g/mol. The SMILES string of the molecule is O=c1cc(-c2ccc(C(F)(F)F)cc2)ccn1-c1ccc2c(cnn2CCCN2Cc3ccccc3C2)c1. The van der Waals surface area contributed by atoms with Crippen LogP contribution in [-0.4, -0.2) is 25.8 Å². The molecule has 0 amide bonds. The van der Waals surface area contributed by atoms with Crippen molar-refractivity contribution in [3.05, 3.63) is 118 Å². The highest BCUT2D eigenvalue weighted by molar-refractivity contribution is 5.81. The van der Waals surface area contributed by atoms with Gasteiger partial charge in [0, 0.05) is 49.5 Å². The monoisotopic (exact) mass is 514 g/mol. The van der Waals surface area contributed by atoms with Crippen molar-refractivity contribution in [2.24, 2.45) is 0 Å². The zero-order valence-corrected chi connectivity index (χ0v) is 20.5. The minimum atomic E-state index is -4.39. The Bertz CT molecular complexity index is 1640. The van der Waals surface area contributed by atoms with Gasteiger partial charge in [0.05, 0.1) is 17.3 Å². The zero-order valence-electron chi connectivity index (χ0n) is 20.5. The normalized spacial score (nSPS) is 13.8. The smallest absolute Gasteiger partial charge is 0.295 e. The summed E-state index contributed by atoms with van der Waals surface area (Å²) in [6.07, 6.45) is 0.0490. The molecule has 3 aromatic carbocycles. The van der Waals surface area contributed by atoms with E-state index in [2.05, 4.69) is 34.3 Å². The van der Waals surface area contributed by atoms with E-state index in [0.717, 1.165) is 55.6 Å². The Morgan fingerprint density at radius 1 is 0.816 bits per heavy atom. The summed E-state index contributed by atoms with van der Waals surface area (Å²) in [4.78, 5) is 15.3. The van der Waals surface area contributed by atoms with Crippen LogP contribution in [0, 0.1) is 0 Å². The predicted octanol–water partition coefficient (Wildman–Crippen LogP) is 6.28. The van der Waals surface area contributed by atoms with Gasteiger partial charge in [0.15, 0.2) is 0 Å². The highest BCUT2D eigenvalue weighted by Crippen LogP contribution is 2.31. The number of pyridine rings is 1. The van der Waals surface area contributed by atoms with Crippen LogP contribution in [0.2, 0.25) is 0 Å². The molecule has 38 heavy (non-hydrogen) atoms. The van der Waals surface area contributed by atoms with Crippen LogP contribution in [-0.2, 0) is 25.8 Å². The third kappa shape index (κ3) is 4.75. The largest absolute Gasteiger partial charge is 0.416 e. The summed E-state index contributed by atoms with van der Waals surface area (Å²) in [5.74, 6) is 0. The topological polar surface area (TPSA) is 43.1 Å². The molecule has 1 aliphatic heterocycles. The fourth-order valence-corrected chi connectivity index (χ4v) is 5.13. The highest BCUT2D eigenvalue weighted by atomic mass is 19.4. The Labute approximate surface area is 217 Å². The molecule has 0 atom stereocenters. The highest BCUT2D eigenvalue weighted by Gasteiger charge is 2.30. The number of halogens is 3. The molecule has 0 saturated heterocycles. The van der Waals surface area contributed by atoms with Crippen LogP contribution in [0.5, 0.6) is 0 Å².